The fourth-order valence-electron chi connectivity index (χ4n) is 3.11. The molecular formula is C23H26N4O2. The van der Waals surface area contributed by atoms with Crippen LogP contribution in [0.1, 0.15) is 22.5 Å². The zero-order valence-electron chi connectivity index (χ0n) is 17.2. The average Bonchev–Trinajstić information content (AvgIpc) is 3.01. The minimum Gasteiger partial charge on any atom is -0.497 e. The maximum atomic E-state index is 12.0. The van der Waals surface area contributed by atoms with E-state index >= 15 is 0 Å². The highest BCUT2D eigenvalue weighted by Crippen LogP contribution is 2.20. The van der Waals surface area contributed by atoms with Gasteiger partial charge in [-0.05, 0) is 63.2 Å². The number of nitrogens with zero attached hydrogens (tertiary/aromatic N) is 2. The van der Waals surface area contributed by atoms with Crippen LogP contribution in [0.25, 0.3) is 5.69 Å². The lowest BCUT2D eigenvalue weighted by atomic mass is 10.2. The predicted octanol–water partition coefficient (Wildman–Crippen LogP) is 3.97. The molecule has 3 aromatic rings. The number of anilines is 1. The third kappa shape index (κ3) is 5.04. The molecule has 6 heteroatoms. The van der Waals surface area contributed by atoms with Crippen LogP contribution in [0.5, 0.6) is 5.75 Å². The summed E-state index contributed by atoms with van der Waals surface area (Å²) >= 11 is 0. The summed E-state index contributed by atoms with van der Waals surface area (Å²) in [5.41, 5.74) is 8.88. The van der Waals surface area contributed by atoms with Crippen LogP contribution >= 0.6 is 0 Å². The van der Waals surface area contributed by atoms with E-state index in [0.29, 0.717) is 0 Å². The van der Waals surface area contributed by atoms with Crippen molar-refractivity contribution in [3.8, 4) is 11.4 Å². The number of aryl methyl sites for hydroxylation is 2. The highest BCUT2D eigenvalue weighted by Gasteiger charge is 2.09. The van der Waals surface area contributed by atoms with Crippen molar-refractivity contribution in [3.05, 3.63) is 77.1 Å². The number of hydrogen-bond donors (Lipinski definition) is 2. The molecule has 1 heterocycles. The lowest BCUT2D eigenvalue weighted by molar-refractivity contribution is -0.119. The smallest absolute Gasteiger partial charge is 0.259 e. The molecule has 0 fully saturated rings. The van der Waals surface area contributed by atoms with Crippen LogP contribution in [-0.2, 0) is 4.79 Å². The number of amides is 1. The average molecular weight is 390 g/mol. The molecule has 29 heavy (non-hydrogen) atoms. The Hall–Kier alpha value is -3.54. The predicted molar refractivity (Wildman–Crippen MR) is 117 cm³/mol. The zero-order valence-corrected chi connectivity index (χ0v) is 17.2. The summed E-state index contributed by atoms with van der Waals surface area (Å²) in [6, 6.07) is 17.8. The van der Waals surface area contributed by atoms with Gasteiger partial charge in [-0.1, -0.05) is 17.7 Å². The van der Waals surface area contributed by atoms with E-state index in [1.165, 1.54) is 5.56 Å². The molecule has 0 saturated carbocycles. The van der Waals surface area contributed by atoms with Gasteiger partial charge in [0.2, 0.25) is 0 Å². The number of methoxy groups -OCH3 is 1. The Morgan fingerprint density at radius 3 is 2.41 bits per heavy atom. The highest BCUT2D eigenvalue weighted by atomic mass is 16.5. The number of hydrazone groups is 1. The van der Waals surface area contributed by atoms with Crippen molar-refractivity contribution in [1.82, 2.24) is 9.99 Å². The standard InChI is InChI=1S/C23H26N4O2/c1-16-5-9-21(10-6-16)27-17(2)13-19(18(27)3)14-25-26-23(28)15-24-20-7-11-22(29-4)12-8-20/h5-14,24H,15H2,1-4H3,(H,26,28)/b25-14+. The van der Waals surface area contributed by atoms with Gasteiger partial charge in [-0.2, -0.15) is 5.10 Å². The SMILES string of the molecule is COc1ccc(NCC(=O)N/N=C/c2cc(C)n(-c3ccc(C)cc3)c2C)cc1. The minimum atomic E-state index is -0.218. The molecule has 0 aliphatic rings. The number of ether oxygens (including phenoxy) is 1. The molecule has 2 N–H and O–H groups in total. The molecule has 6 nitrogen and oxygen atoms in total. The number of carbonyl (C=O) groups excluding carboxylic acids is 1. The van der Waals surface area contributed by atoms with Crippen molar-refractivity contribution in [2.45, 2.75) is 20.8 Å². The molecule has 0 aliphatic heterocycles. The minimum absolute atomic E-state index is 0.131. The largest absolute Gasteiger partial charge is 0.497 e. The van der Waals surface area contributed by atoms with Gasteiger partial charge in [0, 0.05) is 28.3 Å². The van der Waals surface area contributed by atoms with Crippen LogP contribution < -0.4 is 15.5 Å². The second-order valence-electron chi connectivity index (χ2n) is 6.87. The Morgan fingerprint density at radius 1 is 1.07 bits per heavy atom. The number of hydrogen-bond acceptors (Lipinski definition) is 4. The van der Waals surface area contributed by atoms with Crippen molar-refractivity contribution in [1.29, 1.82) is 0 Å². The highest BCUT2D eigenvalue weighted by molar-refractivity contribution is 5.85. The van der Waals surface area contributed by atoms with E-state index < -0.39 is 0 Å². The van der Waals surface area contributed by atoms with Crippen molar-refractivity contribution in [2.75, 3.05) is 19.0 Å². The summed E-state index contributed by atoms with van der Waals surface area (Å²) < 4.78 is 7.29. The number of carbonyl (C=O) groups is 1. The van der Waals surface area contributed by atoms with Gasteiger partial charge in [0.25, 0.3) is 5.91 Å². The molecule has 0 spiro atoms. The molecule has 0 saturated heterocycles. The second kappa shape index (κ2) is 9.10. The summed E-state index contributed by atoms with van der Waals surface area (Å²) in [7, 11) is 1.62. The quantitative estimate of drug-likeness (QED) is 0.474. The molecular weight excluding hydrogens is 364 g/mol. The third-order valence-electron chi connectivity index (χ3n) is 4.70. The first-order valence-corrected chi connectivity index (χ1v) is 9.43. The first kappa shape index (κ1) is 20.2. The number of rotatable bonds is 7. The molecule has 0 aliphatic carbocycles. The van der Waals surface area contributed by atoms with E-state index in [0.717, 1.165) is 34.1 Å². The van der Waals surface area contributed by atoms with Crippen LogP contribution in [0.15, 0.2) is 59.7 Å². The Kier molecular flexibility index (Phi) is 6.34. The van der Waals surface area contributed by atoms with Gasteiger partial charge in [-0.15, -0.1) is 0 Å². The summed E-state index contributed by atoms with van der Waals surface area (Å²) in [6.45, 7) is 6.30. The molecule has 1 aromatic heterocycles. The molecule has 1 amide bonds. The maximum Gasteiger partial charge on any atom is 0.259 e. The Labute approximate surface area is 171 Å². The second-order valence-corrected chi connectivity index (χ2v) is 6.87. The lowest BCUT2D eigenvalue weighted by Gasteiger charge is -2.09. The zero-order chi connectivity index (χ0) is 20.8. The summed E-state index contributed by atoms with van der Waals surface area (Å²) in [6.07, 6.45) is 1.68. The monoisotopic (exact) mass is 390 g/mol. The van der Waals surface area contributed by atoms with Crippen LogP contribution in [-0.4, -0.2) is 30.3 Å². The Bertz CT molecular complexity index is 1000. The van der Waals surface area contributed by atoms with Gasteiger partial charge < -0.3 is 14.6 Å². The fourth-order valence-corrected chi connectivity index (χ4v) is 3.11. The van der Waals surface area contributed by atoms with Crippen molar-refractivity contribution < 1.29 is 9.53 Å². The lowest BCUT2D eigenvalue weighted by Crippen LogP contribution is -2.25. The Morgan fingerprint density at radius 2 is 1.76 bits per heavy atom. The summed E-state index contributed by atoms with van der Waals surface area (Å²) in [4.78, 5) is 12.0. The maximum absolute atomic E-state index is 12.0. The molecule has 150 valence electrons. The van der Waals surface area contributed by atoms with E-state index in [1.54, 1.807) is 13.3 Å². The van der Waals surface area contributed by atoms with E-state index in [-0.39, 0.29) is 12.5 Å². The van der Waals surface area contributed by atoms with Crippen molar-refractivity contribution >= 4 is 17.8 Å². The number of benzene rings is 2. The van der Waals surface area contributed by atoms with Gasteiger partial charge in [-0.25, -0.2) is 5.43 Å². The first-order valence-electron chi connectivity index (χ1n) is 9.43. The van der Waals surface area contributed by atoms with Crippen LogP contribution in [0.3, 0.4) is 0 Å². The Balaban J connectivity index is 1.59. The van der Waals surface area contributed by atoms with Crippen LogP contribution in [0, 0.1) is 20.8 Å². The normalized spacial score (nSPS) is 10.9. The number of nitrogens with one attached hydrogen (secondary N) is 2. The van der Waals surface area contributed by atoms with Gasteiger partial charge in [-0.3, -0.25) is 4.79 Å². The van der Waals surface area contributed by atoms with E-state index in [9.17, 15) is 4.79 Å². The van der Waals surface area contributed by atoms with E-state index in [2.05, 4.69) is 64.6 Å². The van der Waals surface area contributed by atoms with Gasteiger partial charge >= 0.3 is 0 Å². The van der Waals surface area contributed by atoms with E-state index in [4.69, 9.17) is 4.74 Å². The van der Waals surface area contributed by atoms with Crippen molar-refractivity contribution in [3.63, 3.8) is 0 Å². The molecule has 0 unspecified atom stereocenters. The molecule has 3 rings (SSSR count). The van der Waals surface area contributed by atoms with Gasteiger partial charge in [0.05, 0.1) is 19.9 Å². The molecule has 0 bridgehead atoms. The van der Waals surface area contributed by atoms with Crippen molar-refractivity contribution in [2.24, 2.45) is 5.10 Å². The molecule has 0 atom stereocenters. The van der Waals surface area contributed by atoms with Crippen LogP contribution in [0.4, 0.5) is 5.69 Å². The van der Waals surface area contributed by atoms with Crippen LogP contribution in [0.2, 0.25) is 0 Å². The molecule has 2 aromatic carbocycles. The van der Waals surface area contributed by atoms with Gasteiger partial charge in [0.1, 0.15) is 5.75 Å². The summed E-state index contributed by atoms with van der Waals surface area (Å²) in [5, 5.41) is 7.16. The summed E-state index contributed by atoms with van der Waals surface area (Å²) in [5.74, 6) is 0.553. The first-order chi connectivity index (χ1) is 14.0. The van der Waals surface area contributed by atoms with E-state index in [1.807, 2.05) is 31.2 Å². The third-order valence-corrected chi connectivity index (χ3v) is 4.70. The topological polar surface area (TPSA) is 67.7 Å². The molecule has 0 radical (unpaired) electrons. The number of aromatic nitrogens is 1. The van der Waals surface area contributed by atoms with Gasteiger partial charge in [0.15, 0.2) is 0 Å². The fraction of sp³-hybridized carbons (Fsp3) is 0.217.